The Bertz CT molecular complexity index is 510. The summed E-state index contributed by atoms with van der Waals surface area (Å²) in [7, 11) is 3.22. The van der Waals surface area contributed by atoms with Gasteiger partial charge in [-0.15, -0.1) is 11.3 Å². The van der Waals surface area contributed by atoms with Gasteiger partial charge in [-0.3, -0.25) is 0 Å². The summed E-state index contributed by atoms with van der Waals surface area (Å²) in [5.41, 5.74) is 1.70. The van der Waals surface area contributed by atoms with Gasteiger partial charge in [0.1, 0.15) is 16.5 Å². The lowest BCUT2D eigenvalue weighted by Gasteiger charge is -2.08. The van der Waals surface area contributed by atoms with Crippen LogP contribution in [0.1, 0.15) is 5.01 Å². The highest BCUT2D eigenvalue weighted by atomic mass is 32.1. The van der Waals surface area contributed by atoms with E-state index in [4.69, 9.17) is 14.6 Å². The van der Waals surface area contributed by atoms with Crippen LogP contribution in [0.25, 0.3) is 11.3 Å². The van der Waals surface area contributed by atoms with E-state index in [0.29, 0.717) is 10.8 Å². The maximum Gasteiger partial charge on any atom is 0.131 e. The molecule has 90 valence electrons. The zero-order chi connectivity index (χ0) is 12.3. The van der Waals surface area contributed by atoms with E-state index < -0.39 is 0 Å². The van der Waals surface area contributed by atoms with Crippen molar-refractivity contribution >= 4 is 11.3 Å². The number of ether oxygens (including phenoxy) is 2. The highest BCUT2D eigenvalue weighted by Gasteiger charge is 2.10. The van der Waals surface area contributed by atoms with Crippen LogP contribution >= 0.6 is 11.3 Å². The molecule has 1 aromatic heterocycles. The first-order valence-electron chi connectivity index (χ1n) is 5.06. The molecule has 1 aromatic carbocycles. The highest BCUT2D eigenvalue weighted by molar-refractivity contribution is 7.09. The number of thiazole rings is 1. The van der Waals surface area contributed by atoms with Crippen molar-refractivity contribution in [2.24, 2.45) is 0 Å². The summed E-state index contributed by atoms with van der Waals surface area (Å²) in [5.74, 6) is 1.45. The molecule has 1 heterocycles. The number of nitrogens with zero attached hydrogens (tertiary/aromatic N) is 1. The molecule has 0 bridgehead atoms. The Hall–Kier alpha value is -1.59. The van der Waals surface area contributed by atoms with Gasteiger partial charge in [-0.1, -0.05) is 0 Å². The molecule has 0 saturated carbocycles. The molecule has 0 spiro atoms. The fourth-order valence-corrected chi connectivity index (χ4v) is 2.17. The van der Waals surface area contributed by atoms with E-state index in [2.05, 4.69) is 4.98 Å². The molecule has 0 aliphatic carbocycles. The molecule has 17 heavy (non-hydrogen) atoms. The molecule has 0 aliphatic heterocycles. The zero-order valence-electron chi connectivity index (χ0n) is 9.64. The van der Waals surface area contributed by atoms with E-state index in [1.165, 1.54) is 11.3 Å². The standard InChI is InChI=1S/C12H13NO3S/c1-15-8-3-4-9(11(5-8)16-2)10-7-17-12(6-14)13-10/h3-5,7,14H,6H2,1-2H3. The molecule has 0 amide bonds. The number of methoxy groups -OCH3 is 2. The normalized spacial score (nSPS) is 10.3. The third-order valence-electron chi connectivity index (χ3n) is 2.37. The van der Waals surface area contributed by atoms with E-state index in [9.17, 15) is 0 Å². The number of aromatic nitrogens is 1. The van der Waals surface area contributed by atoms with E-state index >= 15 is 0 Å². The van der Waals surface area contributed by atoms with Gasteiger partial charge in [-0.2, -0.15) is 0 Å². The van der Waals surface area contributed by atoms with Crippen molar-refractivity contribution < 1.29 is 14.6 Å². The van der Waals surface area contributed by atoms with Crippen molar-refractivity contribution in [2.45, 2.75) is 6.61 Å². The number of aliphatic hydroxyl groups is 1. The predicted octanol–water partition coefficient (Wildman–Crippen LogP) is 2.32. The van der Waals surface area contributed by atoms with Gasteiger partial charge in [0, 0.05) is 17.0 Å². The van der Waals surface area contributed by atoms with Crippen molar-refractivity contribution in [3.8, 4) is 22.8 Å². The zero-order valence-corrected chi connectivity index (χ0v) is 10.5. The van der Waals surface area contributed by atoms with Crippen LogP contribution in [0.5, 0.6) is 11.5 Å². The van der Waals surface area contributed by atoms with Gasteiger partial charge in [0.05, 0.1) is 26.5 Å². The van der Waals surface area contributed by atoms with Crippen LogP contribution in [0.4, 0.5) is 0 Å². The molecular formula is C12H13NO3S. The maximum atomic E-state index is 9.00. The van der Waals surface area contributed by atoms with Gasteiger partial charge < -0.3 is 14.6 Å². The predicted molar refractivity (Wildman–Crippen MR) is 66.6 cm³/mol. The molecule has 4 nitrogen and oxygen atoms in total. The molecule has 0 aliphatic rings. The van der Waals surface area contributed by atoms with Crippen LogP contribution in [0.2, 0.25) is 0 Å². The second kappa shape index (κ2) is 5.16. The molecule has 2 rings (SSSR count). The van der Waals surface area contributed by atoms with Crippen molar-refractivity contribution in [3.05, 3.63) is 28.6 Å². The Morgan fingerprint density at radius 1 is 1.29 bits per heavy atom. The maximum absolute atomic E-state index is 9.00. The smallest absolute Gasteiger partial charge is 0.131 e. The van der Waals surface area contributed by atoms with Gasteiger partial charge in [0.25, 0.3) is 0 Å². The summed E-state index contributed by atoms with van der Waals surface area (Å²) >= 11 is 1.43. The first kappa shape index (κ1) is 11.9. The fraction of sp³-hybridized carbons (Fsp3) is 0.250. The van der Waals surface area contributed by atoms with Crippen molar-refractivity contribution in [3.63, 3.8) is 0 Å². The van der Waals surface area contributed by atoms with Crippen molar-refractivity contribution in [1.82, 2.24) is 4.98 Å². The highest BCUT2D eigenvalue weighted by Crippen LogP contribution is 2.33. The lowest BCUT2D eigenvalue weighted by molar-refractivity contribution is 0.281. The number of aliphatic hydroxyl groups excluding tert-OH is 1. The van der Waals surface area contributed by atoms with Crippen LogP contribution in [0.15, 0.2) is 23.6 Å². The quantitative estimate of drug-likeness (QED) is 0.906. The van der Waals surface area contributed by atoms with Gasteiger partial charge in [0.15, 0.2) is 0 Å². The monoisotopic (exact) mass is 251 g/mol. The summed E-state index contributed by atoms with van der Waals surface area (Å²) in [6.45, 7) is -0.0386. The summed E-state index contributed by atoms with van der Waals surface area (Å²) in [4.78, 5) is 4.31. The fourth-order valence-electron chi connectivity index (χ4n) is 1.52. The van der Waals surface area contributed by atoms with Crippen molar-refractivity contribution in [2.75, 3.05) is 14.2 Å². The van der Waals surface area contributed by atoms with Gasteiger partial charge in [-0.05, 0) is 12.1 Å². The molecular weight excluding hydrogens is 238 g/mol. The molecule has 2 aromatic rings. The van der Waals surface area contributed by atoms with E-state index in [1.54, 1.807) is 14.2 Å². The Kier molecular flexibility index (Phi) is 3.61. The SMILES string of the molecule is COc1ccc(-c2csc(CO)n2)c(OC)c1. The van der Waals surface area contributed by atoms with Crippen molar-refractivity contribution in [1.29, 1.82) is 0 Å². The van der Waals surface area contributed by atoms with Crippen LogP contribution in [0.3, 0.4) is 0 Å². The summed E-state index contributed by atoms with van der Waals surface area (Å²) < 4.78 is 10.4. The average Bonchev–Trinajstić information content (AvgIpc) is 2.86. The Morgan fingerprint density at radius 3 is 2.71 bits per heavy atom. The lowest BCUT2D eigenvalue weighted by Crippen LogP contribution is -1.91. The topological polar surface area (TPSA) is 51.6 Å². The van der Waals surface area contributed by atoms with Crippen LogP contribution in [-0.4, -0.2) is 24.3 Å². The average molecular weight is 251 g/mol. The minimum absolute atomic E-state index is 0.0386. The lowest BCUT2D eigenvalue weighted by atomic mass is 10.1. The minimum Gasteiger partial charge on any atom is -0.497 e. The Labute approximate surface area is 103 Å². The Balaban J connectivity index is 2.43. The first-order valence-corrected chi connectivity index (χ1v) is 5.94. The largest absolute Gasteiger partial charge is 0.497 e. The third-order valence-corrected chi connectivity index (χ3v) is 3.21. The molecule has 0 atom stereocenters. The van der Waals surface area contributed by atoms with Crippen LogP contribution in [0, 0.1) is 0 Å². The van der Waals surface area contributed by atoms with E-state index in [-0.39, 0.29) is 6.61 Å². The summed E-state index contributed by atoms with van der Waals surface area (Å²) in [6, 6.07) is 5.57. The van der Waals surface area contributed by atoms with Crippen LogP contribution < -0.4 is 9.47 Å². The number of benzene rings is 1. The van der Waals surface area contributed by atoms with E-state index in [1.807, 2.05) is 23.6 Å². The second-order valence-corrected chi connectivity index (χ2v) is 4.29. The first-order chi connectivity index (χ1) is 8.28. The van der Waals surface area contributed by atoms with Gasteiger partial charge >= 0.3 is 0 Å². The molecule has 0 unspecified atom stereocenters. The Morgan fingerprint density at radius 2 is 2.12 bits per heavy atom. The summed E-state index contributed by atoms with van der Waals surface area (Å²) in [6.07, 6.45) is 0. The minimum atomic E-state index is -0.0386. The van der Waals surface area contributed by atoms with E-state index in [0.717, 1.165) is 17.0 Å². The second-order valence-electron chi connectivity index (χ2n) is 3.35. The van der Waals surface area contributed by atoms with Crippen LogP contribution in [-0.2, 0) is 6.61 Å². The third kappa shape index (κ3) is 2.40. The van der Waals surface area contributed by atoms with Gasteiger partial charge in [-0.25, -0.2) is 4.98 Å². The molecule has 0 fully saturated rings. The molecule has 1 N–H and O–H groups in total. The number of rotatable bonds is 4. The number of hydrogen-bond acceptors (Lipinski definition) is 5. The van der Waals surface area contributed by atoms with Gasteiger partial charge in [0.2, 0.25) is 0 Å². The molecule has 5 heteroatoms. The number of hydrogen-bond donors (Lipinski definition) is 1. The molecule has 0 saturated heterocycles. The summed E-state index contributed by atoms with van der Waals surface area (Å²) in [5, 5.41) is 11.6. The molecule has 0 radical (unpaired) electrons.